The molecule has 0 atom stereocenters. The molecule has 1 saturated carbocycles. The van der Waals surface area contributed by atoms with E-state index in [4.69, 9.17) is 14.2 Å². The third-order valence-corrected chi connectivity index (χ3v) is 6.76. The Labute approximate surface area is 141 Å². The summed E-state index contributed by atoms with van der Waals surface area (Å²) in [4.78, 5) is 12.4. The average Bonchev–Trinajstić information content (AvgIpc) is 3.06. The van der Waals surface area contributed by atoms with Gasteiger partial charge in [0.05, 0.1) is 14.2 Å². The minimum Gasteiger partial charge on any atom is -0.497 e. The van der Waals surface area contributed by atoms with Crippen LogP contribution in [0.5, 0.6) is 11.5 Å². The number of sulfonamides is 1. The first-order valence-corrected chi connectivity index (χ1v) is 9.32. The standard InChI is InChI=1S/C16H21NO6S/c1-21-12-5-6-14(13(11-12)22-2)24(19,20)17-9-10-23-15(18)16(17)7-3-4-8-16/h5-6,11H,3-4,7-10H2,1-2H3. The summed E-state index contributed by atoms with van der Waals surface area (Å²) in [6.45, 7) is 0.224. The van der Waals surface area contributed by atoms with Gasteiger partial charge in [-0.05, 0) is 25.0 Å². The Morgan fingerprint density at radius 1 is 1.17 bits per heavy atom. The Morgan fingerprint density at radius 3 is 2.50 bits per heavy atom. The lowest BCUT2D eigenvalue weighted by molar-refractivity contribution is -0.162. The van der Waals surface area contributed by atoms with Crippen molar-refractivity contribution in [3.8, 4) is 11.5 Å². The zero-order valence-electron chi connectivity index (χ0n) is 13.8. The Balaban J connectivity index is 2.08. The predicted octanol–water partition coefficient (Wildman–Crippen LogP) is 1.56. The van der Waals surface area contributed by atoms with Gasteiger partial charge in [0.1, 0.15) is 28.5 Å². The third-order valence-electron chi connectivity index (χ3n) is 4.75. The maximum atomic E-state index is 13.3. The number of ether oxygens (including phenoxy) is 3. The van der Waals surface area contributed by atoms with Gasteiger partial charge in [-0.3, -0.25) is 4.79 Å². The van der Waals surface area contributed by atoms with E-state index in [1.165, 1.54) is 30.7 Å². The first kappa shape index (κ1) is 17.0. The van der Waals surface area contributed by atoms with Crippen molar-refractivity contribution >= 4 is 16.0 Å². The van der Waals surface area contributed by atoms with Crippen LogP contribution in [0.2, 0.25) is 0 Å². The number of morpholine rings is 1. The van der Waals surface area contributed by atoms with E-state index in [0.29, 0.717) is 18.6 Å². The summed E-state index contributed by atoms with van der Waals surface area (Å²) >= 11 is 0. The Morgan fingerprint density at radius 2 is 1.88 bits per heavy atom. The zero-order chi connectivity index (χ0) is 17.4. The molecule has 8 heteroatoms. The van der Waals surface area contributed by atoms with Crippen molar-refractivity contribution in [1.29, 1.82) is 0 Å². The van der Waals surface area contributed by atoms with Crippen molar-refractivity contribution in [3.63, 3.8) is 0 Å². The molecular formula is C16H21NO6S. The van der Waals surface area contributed by atoms with Crippen LogP contribution in [0.1, 0.15) is 25.7 Å². The lowest BCUT2D eigenvalue weighted by Gasteiger charge is -2.41. The lowest BCUT2D eigenvalue weighted by Crippen LogP contribution is -2.60. The summed E-state index contributed by atoms with van der Waals surface area (Å²) in [5.74, 6) is 0.253. The molecule has 1 spiro atoms. The second-order valence-electron chi connectivity index (χ2n) is 5.97. The highest BCUT2D eigenvalue weighted by Crippen LogP contribution is 2.42. The van der Waals surface area contributed by atoms with Crippen LogP contribution in [0.4, 0.5) is 0 Å². The van der Waals surface area contributed by atoms with E-state index in [-0.39, 0.29) is 23.8 Å². The zero-order valence-corrected chi connectivity index (χ0v) is 14.6. The number of carbonyl (C=O) groups excluding carboxylic acids is 1. The number of hydrogen-bond acceptors (Lipinski definition) is 6. The van der Waals surface area contributed by atoms with Gasteiger partial charge in [0.25, 0.3) is 0 Å². The van der Waals surface area contributed by atoms with Gasteiger partial charge in [0, 0.05) is 12.6 Å². The quantitative estimate of drug-likeness (QED) is 0.763. The van der Waals surface area contributed by atoms with Crippen molar-refractivity contribution < 1.29 is 27.4 Å². The number of carbonyl (C=O) groups is 1. The van der Waals surface area contributed by atoms with E-state index in [1.54, 1.807) is 6.07 Å². The lowest BCUT2D eigenvalue weighted by atomic mass is 9.97. The molecule has 0 amide bonds. The summed E-state index contributed by atoms with van der Waals surface area (Å²) < 4.78 is 43.4. The van der Waals surface area contributed by atoms with Gasteiger partial charge < -0.3 is 14.2 Å². The highest BCUT2D eigenvalue weighted by atomic mass is 32.2. The number of cyclic esters (lactones) is 1. The van der Waals surface area contributed by atoms with Gasteiger partial charge in [-0.2, -0.15) is 4.31 Å². The van der Waals surface area contributed by atoms with Crippen LogP contribution in [-0.4, -0.2) is 51.6 Å². The number of benzene rings is 1. The van der Waals surface area contributed by atoms with E-state index in [1.807, 2.05) is 0 Å². The van der Waals surface area contributed by atoms with Crippen molar-refractivity contribution in [2.24, 2.45) is 0 Å². The minimum absolute atomic E-state index is 0.0341. The normalized spacial score (nSPS) is 20.8. The molecule has 2 aliphatic rings. The molecule has 0 unspecified atom stereocenters. The van der Waals surface area contributed by atoms with Gasteiger partial charge in [-0.1, -0.05) is 12.8 Å². The molecule has 3 rings (SSSR count). The molecule has 1 aliphatic heterocycles. The third kappa shape index (κ3) is 2.53. The van der Waals surface area contributed by atoms with E-state index in [9.17, 15) is 13.2 Å². The van der Waals surface area contributed by atoms with Gasteiger partial charge in [0.15, 0.2) is 0 Å². The smallest absolute Gasteiger partial charge is 0.327 e. The molecule has 1 aromatic rings. The molecular weight excluding hydrogens is 334 g/mol. The molecule has 0 bridgehead atoms. The summed E-state index contributed by atoms with van der Waals surface area (Å²) in [6.07, 6.45) is 2.59. The number of nitrogens with zero attached hydrogens (tertiary/aromatic N) is 1. The Kier molecular flexibility index (Phi) is 4.44. The maximum Gasteiger partial charge on any atom is 0.327 e. The van der Waals surface area contributed by atoms with Crippen LogP contribution in [-0.2, 0) is 19.6 Å². The molecule has 1 aliphatic carbocycles. The summed E-state index contributed by atoms with van der Waals surface area (Å²) in [5.41, 5.74) is -1.08. The van der Waals surface area contributed by atoms with Crippen LogP contribution in [0, 0.1) is 0 Å². The van der Waals surface area contributed by atoms with Gasteiger partial charge >= 0.3 is 5.97 Å². The number of methoxy groups -OCH3 is 2. The fourth-order valence-electron chi connectivity index (χ4n) is 3.54. The summed E-state index contributed by atoms with van der Waals surface area (Å²) in [5, 5.41) is 0. The highest BCUT2D eigenvalue weighted by Gasteiger charge is 2.55. The topological polar surface area (TPSA) is 82.1 Å². The molecule has 0 N–H and O–H groups in total. The van der Waals surface area contributed by atoms with Crippen molar-refractivity contribution in [1.82, 2.24) is 4.31 Å². The van der Waals surface area contributed by atoms with E-state index in [2.05, 4.69) is 0 Å². The summed E-state index contributed by atoms with van der Waals surface area (Å²) in [6, 6.07) is 4.55. The van der Waals surface area contributed by atoms with E-state index < -0.39 is 21.5 Å². The largest absolute Gasteiger partial charge is 0.497 e. The summed E-state index contributed by atoms with van der Waals surface area (Å²) in [7, 11) is -0.999. The molecule has 1 saturated heterocycles. The molecule has 132 valence electrons. The average molecular weight is 355 g/mol. The predicted molar refractivity (Wildman–Crippen MR) is 85.6 cm³/mol. The molecule has 7 nitrogen and oxygen atoms in total. The van der Waals surface area contributed by atoms with Crippen LogP contribution >= 0.6 is 0 Å². The van der Waals surface area contributed by atoms with Gasteiger partial charge in [0.2, 0.25) is 10.0 Å². The SMILES string of the molecule is COc1ccc(S(=O)(=O)N2CCOC(=O)C23CCCC3)c(OC)c1. The molecule has 0 radical (unpaired) electrons. The van der Waals surface area contributed by atoms with Crippen LogP contribution in [0.25, 0.3) is 0 Å². The monoisotopic (exact) mass is 355 g/mol. The molecule has 2 fully saturated rings. The van der Waals surface area contributed by atoms with Crippen LogP contribution < -0.4 is 9.47 Å². The minimum atomic E-state index is -3.90. The molecule has 1 aromatic carbocycles. The van der Waals surface area contributed by atoms with Crippen LogP contribution in [0.3, 0.4) is 0 Å². The first-order chi connectivity index (χ1) is 11.5. The first-order valence-electron chi connectivity index (χ1n) is 7.88. The second-order valence-corrected chi connectivity index (χ2v) is 7.80. The van der Waals surface area contributed by atoms with Crippen LogP contribution in [0.15, 0.2) is 23.1 Å². The Bertz CT molecular complexity index is 739. The second kappa shape index (κ2) is 6.25. The fraction of sp³-hybridized carbons (Fsp3) is 0.562. The number of hydrogen-bond donors (Lipinski definition) is 0. The molecule has 0 aromatic heterocycles. The number of rotatable bonds is 4. The highest BCUT2D eigenvalue weighted by molar-refractivity contribution is 7.89. The Hall–Kier alpha value is -1.80. The van der Waals surface area contributed by atoms with Gasteiger partial charge in [-0.25, -0.2) is 8.42 Å². The van der Waals surface area contributed by atoms with Gasteiger partial charge in [-0.15, -0.1) is 0 Å². The molecule has 1 heterocycles. The number of esters is 1. The fourth-order valence-corrected chi connectivity index (χ4v) is 5.45. The maximum absolute atomic E-state index is 13.3. The van der Waals surface area contributed by atoms with Crippen molar-refractivity contribution in [2.75, 3.05) is 27.4 Å². The van der Waals surface area contributed by atoms with E-state index >= 15 is 0 Å². The van der Waals surface area contributed by atoms with E-state index in [0.717, 1.165) is 12.8 Å². The molecule has 24 heavy (non-hydrogen) atoms. The van der Waals surface area contributed by atoms with Crippen molar-refractivity contribution in [2.45, 2.75) is 36.1 Å². The van der Waals surface area contributed by atoms with Crippen molar-refractivity contribution in [3.05, 3.63) is 18.2 Å².